The first-order chi connectivity index (χ1) is 17.7. The van der Waals surface area contributed by atoms with E-state index in [0.717, 1.165) is 59.7 Å². The maximum atomic E-state index is 11.6. The van der Waals surface area contributed by atoms with Crippen molar-refractivity contribution in [2.75, 3.05) is 43.6 Å². The van der Waals surface area contributed by atoms with Gasteiger partial charge in [0, 0.05) is 24.5 Å². The van der Waals surface area contributed by atoms with Crippen LogP contribution in [0.25, 0.3) is 10.9 Å². The summed E-state index contributed by atoms with van der Waals surface area (Å²) in [4.78, 5) is 23.2. The van der Waals surface area contributed by atoms with Crippen molar-refractivity contribution in [3.05, 3.63) is 42.2 Å². The zero-order chi connectivity index (χ0) is 24.5. The number of fused-ring (bicyclic) bond motifs is 4. The van der Waals surface area contributed by atoms with E-state index in [1.165, 1.54) is 12.8 Å². The van der Waals surface area contributed by atoms with E-state index in [-0.39, 0.29) is 12.5 Å². The second-order valence-electron chi connectivity index (χ2n) is 9.73. The van der Waals surface area contributed by atoms with Gasteiger partial charge in [-0.25, -0.2) is 4.98 Å². The molecule has 2 aliphatic heterocycles. The molecule has 1 aliphatic carbocycles. The third kappa shape index (κ3) is 4.63. The SMILES string of the molecule is COc1ccc2ncc3c(c2c1)N(CC1CCC(NCc2ccc4c(n2)NC(=O)CO4)CC1)CCO3. The topological polar surface area (TPSA) is 97.8 Å². The third-order valence-electron chi connectivity index (χ3n) is 7.38. The van der Waals surface area contributed by atoms with E-state index in [2.05, 4.69) is 31.6 Å². The number of benzene rings is 1. The lowest BCUT2D eigenvalue weighted by Gasteiger charge is -2.37. The van der Waals surface area contributed by atoms with Gasteiger partial charge in [0.15, 0.2) is 23.9 Å². The standard InChI is InChI=1S/C27H31N5O4/c1-34-20-7-8-22-21(12-20)26-24(14-29-22)35-11-10-32(26)15-17-2-4-18(5-3-17)28-13-19-6-9-23-27(30-19)31-25(33)16-36-23/h6-9,12,14,17-18,28H,2-5,10-11,13,15-16H2,1H3,(H,30,31,33). The highest BCUT2D eigenvalue weighted by atomic mass is 16.5. The number of pyridine rings is 2. The molecular weight excluding hydrogens is 458 g/mol. The first-order valence-corrected chi connectivity index (χ1v) is 12.7. The molecule has 1 fully saturated rings. The van der Waals surface area contributed by atoms with E-state index in [1.54, 1.807) is 7.11 Å². The molecule has 0 bridgehead atoms. The van der Waals surface area contributed by atoms with E-state index >= 15 is 0 Å². The van der Waals surface area contributed by atoms with E-state index < -0.39 is 0 Å². The monoisotopic (exact) mass is 489 g/mol. The van der Waals surface area contributed by atoms with Crippen molar-refractivity contribution < 1.29 is 19.0 Å². The van der Waals surface area contributed by atoms with E-state index in [0.29, 0.717) is 36.7 Å². The molecule has 0 spiro atoms. The Morgan fingerprint density at radius 1 is 1.14 bits per heavy atom. The van der Waals surface area contributed by atoms with Gasteiger partial charge in [0.2, 0.25) is 0 Å². The van der Waals surface area contributed by atoms with Crippen LogP contribution in [0, 0.1) is 5.92 Å². The lowest BCUT2D eigenvalue weighted by atomic mass is 9.85. The predicted molar refractivity (Wildman–Crippen MR) is 137 cm³/mol. The van der Waals surface area contributed by atoms with Crippen LogP contribution in [0.3, 0.4) is 0 Å². The summed E-state index contributed by atoms with van der Waals surface area (Å²) in [5.41, 5.74) is 3.00. The Morgan fingerprint density at radius 2 is 2.03 bits per heavy atom. The number of amides is 1. The molecule has 2 aromatic heterocycles. The molecule has 0 unspecified atom stereocenters. The van der Waals surface area contributed by atoms with Crippen LogP contribution in [0.15, 0.2) is 36.5 Å². The van der Waals surface area contributed by atoms with Gasteiger partial charge in [-0.1, -0.05) is 0 Å². The molecule has 0 atom stereocenters. The Kier molecular flexibility index (Phi) is 6.23. The lowest BCUT2D eigenvalue weighted by Crippen LogP contribution is -2.40. The Morgan fingerprint density at radius 3 is 2.89 bits per heavy atom. The normalized spacial score (nSPS) is 21.1. The van der Waals surface area contributed by atoms with Gasteiger partial charge in [-0.05, 0) is 61.9 Å². The minimum Gasteiger partial charge on any atom is -0.497 e. The van der Waals surface area contributed by atoms with Crippen LogP contribution < -0.4 is 29.7 Å². The van der Waals surface area contributed by atoms with Crippen LogP contribution in [0.1, 0.15) is 31.4 Å². The van der Waals surface area contributed by atoms with Crippen LogP contribution >= 0.6 is 0 Å². The van der Waals surface area contributed by atoms with Crippen LogP contribution in [0.2, 0.25) is 0 Å². The number of carbonyl (C=O) groups excluding carboxylic acids is 1. The number of carbonyl (C=O) groups is 1. The van der Waals surface area contributed by atoms with Crippen LogP contribution in [-0.4, -0.2) is 55.3 Å². The number of ether oxygens (including phenoxy) is 3. The van der Waals surface area contributed by atoms with E-state index in [4.69, 9.17) is 14.2 Å². The largest absolute Gasteiger partial charge is 0.497 e. The van der Waals surface area contributed by atoms with Crippen molar-refractivity contribution in [1.82, 2.24) is 15.3 Å². The Labute approximate surface area is 210 Å². The smallest absolute Gasteiger partial charge is 0.263 e. The van der Waals surface area contributed by atoms with Gasteiger partial charge in [-0.2, -0.15) is 0 Å². The summed E-state index contributed by atoms with van der Waals surface area (Å²) in [6.45, 7) is 3.31. The number of hydrogen-bond donors (Lipinski definition) is 2. The number of nitrogens with one attached hydrogen (secondary N) is 2. The second-order valence-corrected chi connectivity index (χ2v) is 9.73. The number of methoxy groups -OCH3 is 1. The molecule has 2 N–H and O–H groups in total. The fraction of sp³-hybridized carbons (Fsp3) is 0.444. The Bertz CT molecular complexity index is 1270. The number of anilines is 2. The highest BCUT2D eigenvalue weighted by Crippen LogP contribution is 2.40. The van der Waals surface area contributed by atoms with Gasteiger partial charge < -0.3 is 29.7 Å². The summed E-state index contributed by atoms with van der Waals surface area (Å²) in [6, 6.07) is 10.3. The van der Waals surface area contributed by atoms with Crippen molar-refractivity contribution in [1.29, 1.82) is 0 Å². The van der Waals surface area contributed by atoms with Crippen molar-refractivity contribution >= 4 is 28.3 Å². The summed E-state index contributed by atoms with van der Waals surface area (Å²) >= 11 is 0. The molecule has 9 heteroatoms. The van der Waals surface area contributed by atoms with Crippen molar-refractivity contribution in [3.63, 3.8) is 0 Å². The van der Waals surface area contributed by atoms with Crippen LogP contribution in [0.5, 0.6) is 17.2 Å². The summed E-state index contributed by atoms with van der Waals surface area (Å²) in [7, 11) is 1.69. The lowest BCUT2D eigenvalue weighted by molar-refractivity contribution is -0.118. The molecule has 36 heavy (non-hydrogen) atoms. The van der Waals surface area contributed by atoms with E-state index in [9.17, 15) is 4.79 Å². The zero-order valence-electron chi connectivity index (χ0n) is 20.5. The van der Waals surface area contributed by atoms with Gasteiger partial charge in [0.25, 0.3) is 5.91 Å². The second kappa shape index (κ2) is 9.81. The average Bonchev–Trinajstić information content (AvgIpc) is 2.92. The average molecular weight is 490 g/mol. The van der Waals surface area contributed by atoms with Crippen molar-refractivity contribution in [2.45, 2.75) is 38.3 Å². The number of rotatable bonds is 6. The van der Waals surface area contributed by atoms with E-state index in [1.807, 2.05) is 30.5 Å². The minimum atomic E-state index is -0.162. The summed E-state index contributed by atoms with van der Waals surface area (Å²) in [6.07, 6.45) is 6.48. The first kappa shape index (κ1) is 22.8. The maximum absolute atomic E-state index is 11.6. The van der Waals surface area contributed by atoms with Crippen LogP contribution in [0.4, 0.5) is 11.5 Å². The molecule has 1 amide bonds. The van der Waals surface area contributed by atoms with Crippen molar-refractivity contribution in [2.24, 2.45) is 5.92 Å². The minimum absolute atomic E-state index is 0.0485. The molecule has 0 radical (unpaired) electrons. The van der Waals surface area contributed by atoms with Gasteiger partial charge in [-0.3, -0.25) is 9.78 Å². The molecule has 4 heterocycles. The molecule has 188 valence electrons. The molecule has 3 aromatic rings. The molecule has 1 saturated carbocycles. The molecule has 0 saturated heterocycles. The van der Waals surface area contributed by atoms with Gasteiger partial charge in [-0.15, -0.1) is 0 Å². The number of nitrogens with zero attached hydrogens (tertiary/aromatic N) is 3. The quantitative estimate of drug-likeness (QED) is 0.543. The number of aromatic nitrogens is 2. The third-order valence-corrected chi connectivity index (χ3v) is 7.38. The maximum Gasteiger partial charge on any atom is 0.263 e. The molecule has 3 aliphatic rings. The zero-order valence-corrected chi connectivity index (χ0v) is 20.5. The fourth-order valence-electron chi connectivity index (χ4n) is 5.47. The fourth-order valence-corrected chi connectivity index (χ4v) is 5.47. The van der Waals surface area contributed by atoms with Gasteiger partial charge in [0.1, 0.15) is 12.4 Å². The highest BCUT2D eigenvalue weighted by molar-refractivity contribution is 5.96. The summed E-state index contributed by atoms with van der Waals surface area (Å²) in [5, 5.41) is 7.53. The van der Waals surface area contributed by atoms with Crippen molar-refractivity contribution in [3.8, 4) is 17.2 Å². The van der Waals surface area contributed by atoms with Gasteiger partial charge in [0.05, 0.1) is 36.7 Å². The number of hydrogen-bond acceptors (Lipinski definition) is 8. The predicted octanol–water partition coefficient (Wildman–Crippen LogP) is 3.52. The van der Waals surface area contributed by atoms with Gasteiger partial charge >= 0.3 is 0 Å². The summed E-state index contributed by atoms with van der Waals surface area (Å²) < 4.78 is 16.8. The molecular formula is C27H31N5O4. The Balaban J connectivity index is 1.07. The molecule has 6 rings (SSSR count). The molecule has 1 aromatic carbocycles. The first-order valence-electron chi connectivity index (χ1n) is 12.7. The Hall–Kier alpha value is -3.59. The summed E-state index contributed by atoms with van der Waals surface area (Å²) in [5.74, 6) is 3.31. The van der Waals surface area contributed by atoms with Crippen LogP contribution in [-0.2, 0) is 11.3 Å². The highest BCUT2D eigenvalue weighted by Gasteiger charge is 2.27. The molecule has 9 nitrogen and oxygen atoms in total.